The normalized spacial score (nSPS) is 11.7. The maximum absolute atomic E-state index is 10.9. The van der Waals surface area contributed by atoms with Gasteiger partial charge in [-0.15, -0.1) is 0 Å². The summed E-state index contributed by atoms with van der Waals surface area (Å²) in [5.74, 6) is -2.14. The van der Waals surface area contributed by atoms with Gasteiger partial charge in [-0.05, 0) is 25.2 Å². The first-order valence-corrected chi connectivity index (χ1v) is 4.83. The highest BCUT2D eigenvalue weighted by molar-refractivity contribution is 5.98. The molecule has 0 bridgehead atoms. The standard InChI is InChI=1S/C10H18O4/c1-4-10(8(11)12,9(13)14)6-5-7(2)3/h7H,4-6H2,1-3H3,(H,11,12)(H,13,14). The zero-order chi connectivity index (χ0) is 11.4. The molecule has 0 aromatic rings. The third kappa shape index (κ3) is 2.72. The molecule has 0 fully saturated rings. The van der Waals surface area contributed by atoms with Crippen LogP contribution in [0.4, 0.5) is 0 Å². The first-order chi connectivity index (χ1) is 6.36. The zero-order valence-corrected chi connectivity index (χ0v) is 8.91. The van der Waals surface area contributed by atoms with E-state index in [-0.39, 0.29) is 12.8 Å². The van der Waals surface area contributed by atoms with Gasteiger partial charge in [0.1, 0.15) is 0 Å². The minimum absolute atomic E-state index is 0.129. The molecule has 0 amide bonds. The minimum atomic E-state index is -1.59. The minimum Gasteiger partial charge on any atom is -0.480 e. The third-order valence-electron chi connectivity index (χ3n) is 2.57. The van der Waals surface area contributed by atoms with Gasteiger partial charge in [-0.3, -0.25) is 9.59 Å². The average molecular weight is 202 g/mol. The van der Waals surface area contributed by atoms with Crippen LogP contribution in [0, 0.1) is 11.3 Å². The van der Waals surface area contributed by atoms with Gasteiger partial charge in [-0.2, -0.15) is 0 Å². The predicted octanol–water partition coefficient (Wildman–Crippen LogP) is 1.99. The van der Waals surface area contributed by atoms with Crippen LogP contribution in [-0.4, -0.2) is 22.2 Å². The fourth-order valence-corrected chi connectivity index (χ4v) is 1.32. The third-order valence-corrected chi connectivity index (χ3v) is 2.57. The number of carboxylic acids is 2. The fraction of sp³-hybridized carbons (Fsp3) is 0.800. The molecule has 0 rings (SSSR count). The molecular weight excluding hydrogens is 184 g/mol. The molecule has 2 N–H and O–H groups in total. The van der Waals surface area contributed by atoms with Gasteiger partial charge in [0.15, 0.2) is 5.41 Å². The Kier molecular flexibility index (Phi) is 4.60. The average Bonchev–Trinajstić information content (AvgIpc) is 2.04. The lowest BCUT2D eigenvalue weighted by atomic mass is 9.79. The molecule has 4 nitrogen and oxygen atoms in total. The molecule has 0 aliphatic rings. The molecule has 14 heavy (non-hydrogen) atoms. The van der Waals surface area contributed by atoms with Gasteiger partial charge in [-0.1, -0.05) is 20.8 Å². The van der Waals surface area contributed by atoms with Crippen LogP contribution in [0.3, 0.4) is 0 Å². The van der Waals surface area contributed by atoms with Gasteiger partial charge in [0.25, 0.3) is 0 Å². The summed E-state index contributed by atoms with van der Waals surface area (Å²) < 4.78 is 0. The smallest absolute Gasteiger partial charge is 0.321 e. The molecule has 0 aliphatic carbocycles. The summed E-state index contributed by atoms with van der Waals surface area (Å²) in [6, 6.07) is 0. The maximum Gasteiger partial charge on any atom is 0.321 e. The van der Waals surface area contributed by atoms with Gasteiger partial charge in [-0.25, -0.2) is 0 Å². The van der Waals surface area contributed by atoms with Crippen molar-refractivity contribution in [3.05, 3.63) is 0 Å². The van der Waals surface area contributed by atoms with E-state index in [4.69, 9.17) is 10.2 Å². The molecule has 0 saturated heterocycles. The second-order valence-corrected chi connectivity index (χ2v) is 3.98. The highest BCUT2D eigenvalue weighted by Gasteiger charge is 2.44. The van der Waals surface area contributed by atoms with E-state index < -0.39 is 17.4 Å². The topological polar surface area (TPSA) is 74.6 Å². The Morgan fingerprint density at radius 3 is 1.86 bits per heavy atom. The molecule has 0 radical (unpaired) electrons. The van der Waals surface area contributed by atoms with Crippen molar-refractivity contribution in [3.63, 3.8) is 0 Å². The van der Waals surface area contributed by atoms with E-state index in [1.807, 2.05) is 13.8 Å². The quantitative estimate of drug-likeness (QED) is 0.646. The molecule has 0 saturated carbocycles. The Morgan fingerprint density at radius 2 is 1.64 bits per heavy atom. The first-order valence-electron chi connectivity index (χ1n) is 4.83. The molecule has 0 aromatic heterocycles. The van der Waals surface area contributed by atoms with E-state index in [9.17, 15) is 9.59 Å². The van der Waals surface area contributed by atoms with Gasteiger partial charge < -0.3 is 10.2 Å². The van der Waals surface area contributed by atoms with E-state index in [0.717, 1.165) is 0 Å². The van der Waals surface area contributed by atoms with Crippen LogP contribution < -0.4 is 0 Å². The van der Waals surface area contributed by atoms with Crippen molar-refractivity contribution in [2.75, 3.05) is 0 Å². The van der Waals surface area contributed by atoms with Crippen LogP contribution in [0.25, 0.3) is 0 Å². The van der Waals surface area contributed by atoms with Crippen molar-refractivity contribution in [1.29, 1.82) is 0 Å². The van der Waals surface area contributed by atoms with Crippen molar-refractivity contribution in [2.24, 2.45) is 11.3 Å². The van der Waals surface area contributed by atoms with Gasteiger partial charge >= 0.3 is 11.9 Å². The Labute approximate surface area is 83.9 Å². The molecule has 0 atom stereocenters. The summed E-state index contributed by atoms with van der Waals surface area (Å²) in [6.45, 7) is 5.50. The largest absolute Gasteiger partial charge is 0.480 e. The Bertz CT molecular complexity index is 206. The van der Waals surface area contributed by atoms with E-state index in [0.29, 0.717) is 12.3 Å². The highest BCUT2D eigenvalue weighted by Crippen LogP contribution is 2.30. The van der Waals surface area contributed by atoms with Crippen LogP contribution in [0.2, 0.25) is 0 Å². The van der Waals surface area contributed by atoms with Crippen molar-refractivity contribution in [3.8, 4) is 0 Å². The summed E-state index contributed by atoms with van der Waals surface area (Å²) in [5.41, 5.74) is -1.59. The second-order valence-electron chi connectivity index (χ2n) is 3.98. The van der Waals surface area contributed by atoms with Crippen LogP contribution in [0.5, 0.6) is 0 Å². The van der Waals surface area contributed by atoms with Crippen LogP contribution in [0.1, 0.15) is 40.0 Å². The zero-order valence-electron chi connectivity index (χ0n) is 8.91. The molecule has 0 aliphatic heterocycles. The van der Waals surface area contributed by atoms with Crippen LogP contribution in [0.15, 0.2) is 0 Å². The lowest BCUT2D eigenvalue weighted by Gasteiger charge is -2.23. The van der Waals surface area contributed by atoms with Crippen molar-refractivity contribution in [2.45, 2.75) is 40.0 Å². The number of carbonyl (C=O) groups is 2. The van der Waals surface area contributed by atoms with Crippen molar-refractivity contribution >= 4 is 11.9 Å². The number of rotatable bonds is 6. The lowest BCUT2D eigenvalue weighted by molar-refractivity contribution is -0.165. The highest BCUT2D eigenvalue weighted by atomic mass is 16.4. The molecule has 0 spiro atoms. The summed E-state index contributed by atoms with van der Waals surface area (Å²) in [5, 5.41) is 17.9. The van der Waals surface area contributed by atoms with Gasteiger partial charge in [0.2, 0.25) is 0 Å². The van der Waals surface area contributed by atoms with Gasteiger partial charge in [0, 0.05) is 0 Å². The van der Waals surface area contributed by atoms with E-state index in [1.54, 1.807) is 6.92 Å². The van der Waals surface area contributed by atoms with E-state index in [1.165, 1.54) is 0 Å². The van der Waals surface area contributed by atoms with Crippen LogP contribution >= 0.6 is 0 Å². The Morgan fingerprint density at radius 1 is 1.21 bits per heavy atom. The molecule has 0 heterocycles. The molecule has 82 valence electrons. The van der Waals surface area contributed by atoms with E-state index >= 15 is 0 Å². The van der Waals surface area contributed by atoms with Crippen molar-refractivity contribution < 1.29 is 19.8 Å². The summed E-state index contributed by atoms with van der Waals surface area (Å²) in [4.78, 5) is 21.9. The summed E-state index contributed by atoms with van der Waals surface area (Å²) in [7, 11) is 0. The Hall–Kier alpha value is -1.06. The van der Waals surface area contributed by atoms with Crippen LogP contribution in [-0.2, 0) is 9.59 Å². The maximum atomic E-state index is 10.9. The van der Waals surface area contributed by atoms with Crippen molar-refractivity contribution in [1.82, 2.24) is 0 Å². The number of aliphatic carboxylic acids is 2. The molecule has 0 unspecified atom stereocenters. The number of carboxylic acid groups (broad SMARTS) is 2. The monoisotopic (exact) mass is 202 g/mol. The molecule has 0 aromatic carbocycles. The summed E-state index contributed by atoms with van der Waals surface area (Å²) in [6.07, 6.45) is 0.947. The second kappa shape index (κ2) is 4.98. The van der Waals surface area contributed by atoms with Gasteiger partial charge in [0.05, 0.1) is 0 Å². The summed E-state index contributed by atoms with van der Waals surface area (Å²) >= 11 is 0. The number of hydrogen-bond donors (Lipinski definition) is 2. The molecular formula is C10H18O4. The van der Waals surface area contributed by atoms with E-state index in [2.05, 4.69) is 0 Å². The lowest BCUT2D eigenvalue weighted by Crippen LogP contribution is -2.39. The fourth-order valence-electron chi connectivity index (χ4n) is 1.32. The predicted molar refractivity (Wildman–Crippen MR) is 52.1 cm³/mol. The number of hydrogen-bond acceptors (Lipinski definition) is 2. The first kappa shape index (κ1) is 12.9. The SMILES string of the molecule is CCC(CCC(C)C)(C(=O)O)C(=O)O. The Balaban J connectivity index is 4.69. The molecule has 4 heteroatoms.